The minimum absolute atomic E-state index is 0.0260. The van der Waals surface area contributed by atoms with E-state index in [1.807, 2.05) is 18.2 Å². The second-order valence-electron chi connectivity index (χ2n) is 6.53. The fourth-order valence-electron chi connectivity index (χ4n) is 3.48. The van der Waals surface area contributed by atoms with Crippen LogP contribution in [0.15, 0.2) is 30.5 Å². The molecule has 0 bridgehead atoms. The van der Waals surface area contributed by atoms with Crippen LogP contribution in [-0.4, -0.2) is 39.2 Å². The van der Waals surface area contributed by atoms with E-state index in [2.05, 4.69) is 46.7 Å². The maximum atomic E-state index is 11.7. The van der Waals surface area contributed by atoms with Gasteiger partial charge in [-0.3, -0.25) is 9.78 Å². The van der Waals surface area contributed by atoms with Crippen molar-refractivity contribution in [2.24, 2.45) is 7.05 Å². The number of esters is 1. The van der Waals surface area contributed by atoms with Gasteiger partial charge in [-0.25, -0.2) is 0 Å². The first-order valence-electron chi connectivity index (χ1n) is 8.61. The van der Waals surface area contributed by atoms with Crippen LogP contribution in [0.4, 0.5) is 0 Å². The summed E-state index contributed by atoms with van der Waals surface area (Å²) in [7, 11) is 3.46. The molecule has 1 saturated heterocycles. The zero-order chi connectivity index (χ0) is 18.8. The van der Waals surface area contributed by atoms with Gasteiger partial charge in [0, 0.05) is 31.2 Å². The van der Waals surface area contributed by atoms with E-state index in [-0.39, 0.29) is 24.5 Å². The highest BCUT2D eigenvalue weighted by atomic mass is 32.1. The first-order chi connectivity index (χ1) is 12.4. The highest BCUT2D eigenvalue weighted by molar-refractivity contribution is 7.80. The zero-order valence-electron chi connectivity index (χ0n) is 15.5. The van der Waals surface area contributed by atoms with Crippen molar-refractivity contribution >= 4 is 23.3 Å². The molecule has 3 rings (SSSR count). The minimum atomic E-state index is -0.242. The van der Waals surface area contributed by atoms with Gasteiger partial charge in [-0.05, 0) is 49.8 Å². The SMILES string of the molecule is COC(=O)CCN1C(=S)N[C@@H](c2ccccn2)[C@@H]1c1cc(C)n(C)c1C. The van der Waals surface area contributed by atoms with Gasteiger partial charge in [-0.2, -0.15) is 0 Å². The van der Waals surface area contributed by atoms with E-state index in [1.165, 1.54) is 24.1 Å². The van der Waals surface area contributed by atoms with Crippen LogP contribution in [0.1, 0.15) is 41.1 Å². The van der Waals surface area contributed by atoms with Gasteiger partial charge in [0.15, 0.2) is 5.11 Å². The molecule has 0 aliphatic carbocycles. The lowest BCUT2D eigenvalue weighted by atomic mass is 9.96. The Hall–Kier alpha value is -2.41. The third kappa shape index (κ3) is 3.31. The molecule has 138 valence electrons. The van der Waals surface area contributed by atoms with Crippen LogP contribution >= 0.6 is 12.2 Å². The number of nitrogens with zero attached hydrogens (tertiary/aromatic N) is 3. The summed E-state index contributed by atoms with van der Waals surface area (Å²) in [5.41, 5.74) is 4.49. The van der Waals surface area contributed by atoms with Crippen LogP contribution in [0.2, 0.25) is 0 Å². The molecule has 0 saturated carbocycles. The summed E-state index contributed by atoms with van der Waals surface area (Å²) in [6, 6.07) is 7.98. The molecule has 1 fully saturated rings. The lowest BCUT2D eigenvalue weighted by Crippen LogP contribution is -2.32. The fraction of sp³-hybridized carbons (Fsp3) is 0.421. The molecular weight excluding hydrogens is 348 g/mol. The molecule has 1 aliphatic rings. The molecule has 7 heteroatoms. The van der Waals surface area contributed by atoms with Crippen molar-refractivity contribution in [2.75, 3.05) is 13.7 Å². The van der Waals surface area contributed by atoms with Gasteiger partial charge in [0.05, 0.1) is 31.3 Å². The monoisotopic (exact) mass is 372 g/mol. The Morgan fingerprint density at radius 1 is 1.38 bits per heavy atom. The highest BCUT2D eigenvalue weighted by Gasteiger charge is 2.41. The Kier molecular flexibility index (Phi) is 5.27. The van der Waals surface area contributed by atoms with Crippen LogP contribution < -0.4 is 5.32 Å². The van der Waals surface area contributed by atoms with Crippen LogP contribution in [-0.2, 0) is 16.6 Å². The quantitative estimate of drug-likeness (QED) is 0.643. The summed E-state index contributed by atoms with van der Waals surface area (Å²) in [5.74, 6) is -0.242. The molecule has 0 amide bonds. The summed E-state index contributed by atoms with van der Waals surface area (Å²) >= 11 is 5.59. The molecule has 0 aromatic carbocycles. The number of rotatable bonds is 5. The average Bonchev–Trinajstić information content (AvgIpc) is 3.11. The van der Waals surface area contributed by atoms with Gasteiger partial charge < -0.3 is 19.5 Å². The standard InChI is InChI=1S/C19H24N4O2S/c1-12-11-14(13(2)22(12)3)18-17(15-7-5-6-9-20-15)21-19(26)23(18)10-8-16(24)25-4/h5-7,9,11,17-18H,8,10H2,1-4H3,(H,21,26)/t17-,18-/m0/s1. The first-order valence-corrected chi connectivity index (χ1v) is 9.02. The Morgan fingerprint density at radius 2 is 2.15 bits per heavy atom. The maximum Gasteiger partial charge on any atom is 0.307 e. The van der Waals surface area contributed by atoms with E-state index >= 15 is 0 Å². The largest absolute Gasteiger partial charge is 0.469 e. The lowest BCUT2D eigenvalue weighted by Gasteiger charge is -2.27. The fourth-order valence-corrected chi connectivity index (χ4v) is 3.81. The molecular formula is C19H24N4O2S. The molecule has 0 radical (unpaired) electrons. The Bertz CT molecular complexity index is 818. The van der Waals surface area contributed by atoms with E-state index in [1.54, 1.807) is 6.20 Å². The van der Waals surface area contributed by atoms with Crippen molar-refractivity contribution in [1.29, 1.82) is 0 Å². The van der Waals surface area contributed by atoms with Gasteiger partial charge >= 0.3 is 5.97 Å². The average molecular weight is 372 g/mol. The molecule has 1 aliphatic heterocycles. The van der Waals surface area contributed by atoms with E-state index < -0.39 is 0 Å². The van der Waals surface area contributed by atoms with E-state index in [9.17, 15) is 4.79 Å². The summed E-state index contributed by atoms with van der Waals surface area (Å²) in [5, 5.41) is 4.03. The molecule has 2 aromatic rings. The number of hydrogen-bond acceptors (Lipinski definition) is 4. The number of methoxy groups -OCH3 is 1. The van der Waals surface area contributed by atoms with Crippen LogP contribution in [0.3, 0.4) is 0 Å². The van der Waals surface area contributed by atoms with Gasteiger partial charge in [-0.15, -0.1) is 0 Å². The van der Waals surface area contributed by atoms with Crippen LogP contribution in [0.5, 0.6) is 0 Å². The molecule has 3 heterocycles. The summed E-state index contributed by atoms with van der Waals surface area (Å²) < 4.78 is 6.97. The highest BCUT2D eigenvalue weighted by Crippen LogP contribution is 2.40. The summed E-state index contributed by atoms with van der Waals surface area (Å²) in [4.78, 5) is 18.3. The number of nitrogens with one attached hydrogen (secondary N) is 1. The Morgan fingerprint density at radius 3 is 2.73 bits per heavy atom. The van der Waals surface area contributed by atoms with Crippen LogP contribution in [0.25, 0.3) is 0 Å². The van der Waals surface area contributed by atoms with Crippen molar-refractivity contribution in [2.45, 2.75) is 32.4 Å². The topological polar surface area (TPSA) is 59.4 Å². The third-order valence-electron chi connectivity index (χ3n) is 5.12. The number of thiocarbonyl (C=S) groups is 1. The van der Waals surface area contributed by atoms with E-state index in [0.29, 0.717) is 11.7 Å². The Labute approximate surface area is 159 Å². The number of aryl methyl sites for hydroxylation is 1. The van der Waals surface area contributed by atoms with Gasteiger partial charge in [-0.1, -0.05) is 6.07 Å². The molecule has 26 heavy (non-hydrogen) atoms. The maximum absolute atomic E-state index is 11.7. The number of carbonyl (C=O) groups is 1. The van der Waals surface area contributed by atoms with Gasteiger partial charge in [0.25, 0.3) is 0 Å². The number of pyridine rings is 1. The van der Waals surface area contributed by atoms with Gasteiger partial charge in [0.1, 0.15) is 0 Å². The summed E-state index contributed by atoms with van der Waals surface area (Å²) in [6.07, 6.45) is 2.08. The van der Waals surface area contributed by atoms with Crippen LogP contribution in [0, 0.1) is 13.8 Å². The Balaban J connectivity index is 2.01. The normalized spacial score (nSPS) is 19.5. The summed E-state index contributed by atoms with van der Waals surface area (Å²) in [6.45, 7) is 4.70. The lowest BCUT2D eigenvalue weighted by molar-refractivity contribution is -0.140. The number of aromatic nitrogens is 2. The molecule has 0 unspecified atom stereocenters. The molecule has 1 N–H and O–H groups in total. The van der Waals surface area contributed by atoms with Crippen molar-refractivity contribution in [1.82, 2.24) is 19.8 Å². The van der Waals surface area contributed by atoms with Crippen molar-refractivity contribution in [3.05, 3.63) is 53.1 Å². The smallest absolute Gasteiger partial charge is 0.307 e. The predicted molar refractivity (Wildman–Crippen MR) is 104 cm³/mol. The second-order valence-corrected chi connectivity index (χ2v) is 6.92. The van der Waals surface area contributed by atoms with Crippen molar-refractivity contribution in [3.8, 4) is 0 Å². The molecule has 2 aromatic heterocycles. The van der Waals surface area contributed by atoms with E-state index in [0.717, 1.165) is 5.69 Å². The van der Waals surface area contributed by atoms with Crippen molar-refractivity contribution in [3.63, 3.8) is 0 Å². The number of ether oxygens (including phenoxy) is 1. The predicted octanol–water partition coefficient (Wildman–Crippen LogP) is 2.57. The van der Waals surface area contributed by atoms with Crippen molar-refractivity contribution < 1.29 is 9.53 Å². The zero-order valence-corrected chi connectivity index (χ0v) is 16.3. The third-order valence-corrected chi connectivity index (χ3v) is 5.47. The first kappa shape index (κ1) is 18.4. The number of hydrogen-bond donors (Lipinski definition) is 1. The molecule has 0 spiro atoms. The van der Waals surface area contributed by atoms with Gasteiger partial charge in [0.2, 0.25) is 0 Å². The molecule has 2 atom stereocenters. The molecule has 6 nitrogen and oxygen atoms in total. The minimum Gasteiger partial charge on any atom is -0.469 e. The number of carbonyl (C=O) groups excluding carboxylic acids is 1. The van der Waals surface area contributed by atoms with E-state index in [4.69, 9.17) is 17.0 Å². The second kappa shape index (κ2) is 7.45.